The summed E-state index contributed by atoms with van der Waals surface area (Å²) in [6.45, 7) is 4.88. The number of hydrogen-bond donors (Lipinski definition) is 0. The standard InChI is InChI=1S/C16H22N2O4/c1-4-9-8-10(5-2)13(18-6-7-22-16(18)21)12-11(9)14(19)17(3)15(12)20/h8-9,11-13H,4-7H2,1-3H3/t9?,11-,12-,13+/m0/s1. The van der Waals surface area contributed by atoms with Gasteiger partial charge in [0.05, 0.1) is 24.4 Å². The summed E-state index contributed by atoms with van der Waals surface area (Å²) in [5.74, 6) is -1.04. The van der Waals surface area contributed by atoms with Crippen LogP contribution in [0.1, 0.15) is 26.7 Å². The minimum atomic E-state index is -0.465. The lowest BCUT2D eigenvalue weighted by atomic mass is 9.69. The number of nitrogens with zero attached hydrogens (tertiary/aromatic N) is 2. The molecule has 3 amide bonds. The molecule has 3 rings (SSSR count). The van der Waals surface area contributed by atoms with E-state index in [9.17, 15) is 14.4 Å². The molecule has 4 atom stereocenters. The highest BCUT2D eigenvalue weighted by atomic mass is 16.6. The summed E-state index contributed by atoms with van der Waals surface area (Å²) >= 11 is 0. The zero-order chi connectivity index (χ0) is 16.0. The van der Waals surface area contributed by atoms with Gasteiger partial charge in [-0.3, -0.25) is 19.4 Å². The smallest absolute Gasteiger partial charge is 0.410 e. The largest absolute Gasteiger partial charge is 0.448 e. The Bertz CT molecular complexity index is 556. The van der Waals surface area contributed by atoms with Gasteiger partial charge in [0, 0.05) is 7.05 Å². The Labute approximate surface area is 130 Å². The summed E-state index contributed by atoms with van der Waals surface area (Å²) in [5, 5.41) is 0. The number of allylic oxidation sites excluding steroid dienone is 1. The minimum Gasteiger partial charge on any atom is -0.448 e. The van der Waals surface area contributed by atoms with Crippen molar-refractivity contribution in [2.24, 2.45) is 17.8 Å². The van der Waals surface area contributed by atoms with Gasteiger partial charge in [0.15, 0.2) is 0 Å². The van der Waals surface area contributed by atoms with Gasteiger partial charge in [0.1, 0.15) is 6.61 Å². The molecule has 3 aliphatic rings. The molecule has 2 aliphatic heterocycles. The lowest BCUT2D eigenvalue weighted by molar-refractivity contribution is -0.138. The molecule has 2 fully saturated rings. The van der Waals surface area contributed by atoms with E-state index in [2.05, 4.69) is 6.08 Å². The Kier molecular flexibility index (Phi) is 3.70. The van der Waals surface area contributed by atoms with E-state index in [1.807, 2.05) is 13.8 Å². The molecular weight excluding hydrogens is 284 g/mol. The second kappa shape index (κ2) is 5.41. The van der Waals surface area contributed by atoms with Crippen LogP contribution in [0, 0.1) is 17.8 Å². The number of amides is 3. The van der Waals surface area contributed by atoms with Crippen molar-refractivity contribution >= 4 is 17.9 Å². The van der Waals surface area contributed by atoms with Gasteiger partial charge in [-0.05, 0) is 18.8 Å². The lowest BCUT2D eigenvalue weighted by Gasteiger charge is -2.39. The van der Waals surface area contributed by atoms with E-state index < -0.39 is 5.92 Å². The monoisotopic (exact) mass is 306 g/mol. The third-order valence-electron chi connectivity index (χ3n) is 5.24. The number of likely N-dealkylation sites (tertiary alicyclic amines) is 1. The third kappa shape index (κ3) is 1.96. The van der Waals surface area contributed by atoms with Crippen LogP contribution in [-0.4, -0.2) is 53.9 Å². The minimum absolute atomic E-state index is 0.0659. The topological polar surface area (TPSA) is 66.9 Å². The van der Waals surface area contributed by atoms with Crippen molar-refractivity contribution in [3.63, 3.8) is 0 Å². The van der Waals surface area contributed by atoms with Crippen LogP contribution in [0.4, 0.5) is 4.79 Å². The number of cyclic esters (lactones) is 1. The predicted molar refractivity (Wildman–Crippen MR) is 78.8 cm³/mol. The highest BCUT2D eigenvalue weighted by molar-refractivity contribution is 6.06. The molecule has 1 aliphatic carbocycles. The molecule has 0 saturated carbocycles. The zero-order valence-electron chi connectivity index (χ0n) is 13.2. The predicted octanol–water partition coefficient (Wildman–Crippen LogP) is 1.41. The summed E-state index contributed by atoms with van der Waals surface area (Å²) < 4.78 is 5.05. The average molecular weight is 306 g/mol. The fourth-order valence-corrected chi connectivity index (χ4v) is 4.10. The number of rotatable bonds is 3. The summed E-state index contributed by atoms with van der Waals surface area (Å²) in [5.41, 5.74) is 1.07. The Hall–Kier alpha value is -1.85. The second-order valence-corrected chi connectivity index (χ2v) is 6.21. The van der Waals surface area contributed by atoms with E-state index >= 15 is 0 Å². The van der Waals surface area contributed by atoms with Crippen molar-refractivity contribution in [2.45, 2.75) is 32.7 Å². The maximum atomic E-state index is 12.6. The van der Waals surface area contributed by atoms with Gasteiger partial charge in [-0.1, -0.05) is 25.5 Å². The first-order valence-electron chi connectivity index (χ1n) is 7.96. The Morgan fingerprint density at radius 2 is 1.86 bits per heavy atom. The Morgan fingerprint density at radius 3 is 2.41 bits per heavy atom. The molecule has 6 heteroatoms. The number of carbonyl (C=O) groups is 3. The quantitative estimate of drug-likeness (QED) is 0.584. The maximum Gasteiger partial charge on any atom is 0.410 e. The summed E-state index contributed by atoms with van der Waals surface area (Å²) in [6.07, 6.45) is 3.31. The van der Waals surface area contributed by atoms with E-state index in [4.69, 9.17) is 4.74 Å². The molecule has 0 aromatic carbocycles. The molecule has 0 aromatic heterocycles. The van der Waals surface area contributed by atoms with Crippen LogP contribution in [0.5, 0.6) is 0 Å². The summed E-state index contributed by atoms with van der Waals surface area (Å²) in [4.78, 5) is 40.0. The highest BCUT2D eigenvalue weighted by Gasteiger charge is 2.57. The van der Waals surface area contributed by atoms with Crippen molar-refractivity contribution in [3.05, 3.63) is 11.6 Å². The van der Waals surface area contributed by atoms with Crippen LogP contribution in [0.15, 0.2) is 11.6 Å². The van der Waals surface area contributed by atoms with Crippen molar-refractivity contribution < 1.29 is 19.1 Å². The first-order chi connectivity index (χ1) is 10.5. The zero-order valence-corrected chi connectivity index (χ0v) is 13.2. The molecule has 0 spiro atoms. The van der Waals surface area contributed by atoms with Gasteiger partial charge in [0.2, 0.25) is 11.8 Å². The van der Waals surface area contributed by atoms with E-state index in [-0.39, 0.29) is 35.8 Å². The molecule has 0 N–H and O–H groups in total. The number of imide groups is 1. The first-order valence-corrected chi connectivity index (χ1v) is 7.96. The van der Waals surface area contributed by atoms with Gasteiger partial charge in [-0.25, -0.2) is 4.79 Å². The summed E-state index contributed by atoms with van der Waals surface area (Å²) in [6, 6.07) is -0.339. The molecule has 2 heterocycles. The summed E-state index contributed by atoms with van der Waals surface area (Å²) in [7, 11) is 1.54. The van der Waals surface area contributed by atoms with Crippen molar-refractivity contribution in [1.82, 2.24) is 9.80 Å². The number of hydrogen-bond acceptors (Lipinski definition) is 4. The van der Waals surface area contributed by atoms with Gasteiger partial charge < -0.3 is 4.74 Å². The van der Waals surface area contributed by atoms with Crippen LogP contribution in [0.3, 0.4) is 0 Å². The van der Waals surface area contributed by atoms with Crippen LogP contribution in [-0.2, 0) is 14.3 Å². The number of fused-ring (bicyclic) bond motifs is 1. The molecule has 120 valence electrons. The molecule has 1 unspecified atom stereocenters. The Balaban J connectivity index is 2.07. The molecule has 0 radical (unpaired) electrons. The van der Waals surface area contributed by atoms with Crippen LogP contribution >= 0.6 is 0 Å². The van der Waals surface area contributed by atoms with E-state index in [1.54, 1.807) is 11.9 Å². The van der Waals surface area contributed by atoms with Crippen LogP contribution in [0.25, 0.3) is 0 Å². The highest BCUT2D eigenvalue weighted by Crippen LogP contribution is 2.45. The molecule has 6 nitrogen and oxygen atoms in total. The average Bonchev–Trinajstić information content (AvgIpc) is 3.04. The fourth-order valence-electron chi connectivity index (χ4n) is 4.10. The van der Waals surface area contributed by atoms with E-state index in [0.717, 1.165) is 18.4 Å². The van der Waals surface area contributed by atoms with E-state index in [0.29, 0.717) is 13.2 Å². The second-order valence-electron chi connectivity index (χ2n) is 6.21. The number of ether oxygens (including phenoxy) is 1. The van der Waals surface area contributed by atoms with Gasteiger partial charge in [-0.2, -0.15) is 0 Å². The maximum absolute atomic E-state index is 12.6. The molecule has 22 heavy (non-hydrogen) atoms. The Morgan fingerprint density at radius 1 is 1.18 bits per heavy atom. The van der Waals surface area contributed by atoms with Crippen LogP contribution < -0.4 is 0 Å². The van der Waals surface area contributed by atoms with Crippen LogP contribution in [0.2, 0.25) is 0 Å². The van der Waals surface area contributed by atoms with Crippen molar-refractivity contribution in [1.29, 1.82) is 0 Å². The number of carbonyl (C=O) groups excluding carboxylic acids is 3. The van der Waals surface area contributed by atoms with Crippen molar-refractivity contribution in [3.8, 4) is 0 Å². The molecule has 0 aromatic rings. The van der Waals surface area contributed by atoms with E-state index in [1.165, 1.54) is 4.90 Å². The SMILES string of the molecule is CCC1=CC(CC)[C@@H]2C(=O)N(C)C(=O)[C@@H]2[C@@H]1N1CCOC1=O. The van der Waals surface area contributed by atoms with Gasteiger partial charge in [0.25, 0.3) is 0 Å². The lowest BCUT2D eigenvalue weighted by Crippen LogP contribution is -2.50. The normalized spacial score (nSPS) is 34.9. The van der Waals surface area contributed by atoms with Gasteiger partial charge in [-0.15, -0.1) is 0 Å². The molecule has 0 bridgehead atoms. The molecule has 2 saturated heterocycles. The molecular formula is C16H22N2O4. The van der Waals surface area contributed by atoms with Crippen molar-refractivity contribution in [2.75, 3.05) is 20.2 Å². The van der Waals surface area contributed by atoms with Gasteiger partial charge >= 0.3 is 6.09 Å². The fraction of sp³-hybridized carbons (Fsp3) is 0.688. The first kappa shape index (κ1) is 15.1. The third-order valence-corrected chi connectivity index (χ3v) is 5.24.